The Kier molecular flexibility index (Phi) is 2.56. The maximum Gasteiger partial charge on any atom is 0.0927 e. The highest BCUT2D eigenvalue weighted by Gasteiger charge is 2.17. The number of hydrogen-bond acceptors (Lipinski definition) is 2. The number of thioether (sulfide) groups is 1. The van der Waals surface area contributed by atoms with Crippen LogP contribution in [0, 0.1) is 13.8 Å². The molecule has 0 spiro atoms. The third kappa shape index (κ3) is 1.80. The van der Waals surface area contributed by atoms with E-state index in [2.05, 4.69) is 42.0 Å². The maximum atomic E-state index is 4.37. The fraction of sp³-hybridized carbons (Fsp3) is 0.214. The van der Waals surface area contributed by atoms with E-state index in [1.807, 2.05) is 18.0 Å². The second-order valence-electron chi connectivity index (χ2n) is 4.34. The number of aromatic amines is 1. The van der Waals surface area contributed by atoms with Gasteiger partial charge in [0.1, 0.15) is 0 Å². The Bertz CT molecular complexity index is 583. The molecule has 1 N–H and O–H groups in total. The van der Waals surface area contributed by atoms with Crippen LogP contribution < -0.4 is 0 Å². The summed E-state index contributed by atoms with van der Waals surface area (Å²) < 4.78 is 0. The average Bonchev–Trinajstić information content (AvgIpc) is 2.81. The summed E-state index contributed by atoms with van der Waals surface area (Å²) in [5.41, 5.74) is 6.30. The summed E-state index contributed by atoms with van der Waals surface area (Å²) in [6, 6.07) is 4.51. The number of nitrogens with zero attached hydrogens (tertiary/aromatic N) is 1. The van der Waals surface area contributed by atoms with E-state index in [1.54, 1.807) is 6.33 Å². The molecule has 86 valence electrons. The molecule has 2 aromatic rings. The van der Waals surface area contributed by atoms with Crippen molar-refractivity contribution in [3.63, 3.8) is 0 Å². The maximum absolute atomic E-state index is 4.37. The van der Waals surface area contributed by atoms with Crippen LogP contribution in [0.15, 0.2) is 35.6 Å². The van der Waals surface area contributed by atoms with Crippen LogP contribution in [0.3, 0.4) is 0 Å². The van der Waals surface area contributed by atoms with E-state index in [9.17, 15) is 0 Å². The molecular weight excluding hydrogens is 228 g/mol. The average molecular weight is 242 g/mol. The van der Waals surface area contributed by atoms with Gasteiger partial charge in [-0.2, -0.15) is 0 Å². The van der Waals surface area contributed by atoms with Crippen molar-refractivity contribution in [3.8, 4) is 0 Å². The number of rotatable bonds is 1. The monoisotopic (exact) mass is 242 g/mol. The molecular formula is C14H14N2S. The summed E-state index contributed by atoms with van der Waals surface area (Å²) >= 11 is 1.91. The standard InChI is InChI=1S/C14H14N2S/c1-9-5-10(2)14-12(6-9)11(3-4-17-14)13-7-15-8-16-13/h3,5-8H,4H2,1-2H3,(H,15,16). The quantitative estimate of drug-likeness (QED) is 0.828. The van der Waals surface area contributed by atoms with Crippen molar-refractivity contribution in [2.75, 3.05) is 5.75 Å². The molecule has 0 fully saturated rings. The normalized spacial score (nSPS) is 14.4. The summed E-state index contributed by atoms with van der Waals surface area (Å²) in [5.74, 6) is 1.03. The number of imidazole rings is 1. The first-order valence-electron chi connectivity index (χ1n) is 5.69. The highest BCUT2D eigenvalue weighted by atomic mass is 32.2. The molecule has 3 heteroatoms. The first-order chi connectivity index (χ1) is 8.25. The molecule has 1 aliphatic heterocycles. The van der Waals surface area contributed by atoms with Gasteiger partial charge in [-0.1, -0.05) is 23.8 Å². The SMILES string of the molecule is Cc1cc(C)c2c(c1)C(c1c[nH]cn1)=CCS2. The predicted molar refractivity (Wildman–Crippen MR) is 72.3 cm³/mol. The van der Waals surface area contributed by atoms with E-state index in [0.717, 1.165) is 11.4 Å². The summed E-state index contributed by atoms with van der Waals surface area (Å²) in [6.07, 6.45) is 5.96. The van der Waals surface area contributed by atoms with Gasteiger partial charge in [0.05, 0.1) is 12.0 Å². The van der Waals surface area contributed by atoms with Gasteiger partial charge in [-0.3, -0.25) is 0 Å². The van der Waals surface area contributed by atoms with Crippen LogP contribution in [0.1, 0.15) is 22.4 Å². The van der Waals surface area contributed by atoms with E-state index in [1.165, 1.54) is 27.2 Å². The van der Waals surface area contributed by atoms with Crippen molar-refractivity contribution < 1.29 is 0 Å². The Morgan fingerprint density at radius 3 is 2.94 bits per heavy atom. The number of nitrogens with one attached hydrogen (secondary N) is 1. The summed E-state index contributed by atoms with van der Waals surface area (Å²) in [5, 5.41) is 0. The minimum atomic E-state index is 1.03. The van der Waals surface area contributed by atoms with Crippen LogP contribution in [0.4, 0.5) is 0 Å². The van der Waals surface area contributed by atoms with Crippen molar-refractivity contribution in [3.05, 3.63) is 53.1 Å². The second kappa shape index (κ2) is 4.08. The topological polar surface area (TPSA) is 28.7 Å². The van der Waals surface area contributed by atoms with Crippen LogP contribution in [0.25, 0.3) is 5.57 Å². The van der Waals surface area contributed by atoms with E-state index >= 15 is 0 Å². The fourth-order valence-electron chi connectivity index (χ4n) is 2.31. The minimum absolute atomic E-state index is 1.03. The van der Waals surface area contributed by atoms with Crippen molar-refractivity contribution in [2.24, 2.45) is 0 Å². The Morgan fingerprint density at radius 1 is 1.29 bits per heavy atom. The van der Waals surface area contributed by atoms with Gasteiger partial charge in [-0.05, 0) is 25.0 Å². The number of hydrogen-bond donors (Lipinski definition) is 1. The van der Waals surface area contributed by atoms with Crippen LogP contribution in [0.5, 0.6) is 0 Å². The molecule has 2 heterocycles. The molecule has 1 aromatic carbocycles. The highest BCUT2D eigenvalue weighted by molar-refractivity contribution is 7.99. The zero-order valence-corrected chi connectivity index (χ0v) is 10.8. The van der Waals surface area contributed by atoms with Gasteiger partial charge in [0.25, 0.3) is 0 Å². The van der Waals surface area contributed by atoms with E-state index < -0.39 is 0 Å². The Hall–Kier alpha value is -1.48. The molecule has 0 unspecified atom stereocenters. The summed E-state index contributed by atoms with van der Waals surface area (Å²) in [7, 11) is 0. The molecule has 1 aromatic heterocycles. The van der Waals surface area contributed by atoms with Gasteiger partial charge in [0, 0.05) is 22.4 Å². The largest absolute Gasteiger partial charge is 0.351 e. The van der Waals surface area contributed by atoms with Gasteiger partial charge < -0.3 is 4.98 Å². The van der Waals surface area contributed by atoms with Crippen molar-refractivity contribution in [1.29, 1.82) is 0 Å². The number of benzene rings is 1. The van der Waals surface area contributed by atoms with Crippen molar-refractivity contribution in [2.45, 2.75) is 18.7 Å². The highest BCUT2D eigenvalue weighted by Crippen LogP contribution is 2.38. The van der Waals surface area contributed by atoms with Gasteiger partial charge in [0.2, 0.25) is 0 Å². The van der Waals surface area contributed by atoms with Gasteiger partial charge in [0.15, 0.2) is 0 Å². The molecule has 0 radical (unpaired) electrons. The Morgan fingerprint density at radius 2 is 2.18 bits per heavy atom. The summed E-state index contributed by atoms with van der Waals surface area (Å²) in [6.45, 7) is 4.33. The van der Waals surface area contributed by atoms with Crippen LogP contribution in [-0.2, 0) is 0 Å². The first-order valence-corrected chi connectivity index (χ1v) is 6.68. The van der Waals surface area contributed by atoms with Crippen LogP contribution in [0.2, 0.25) is 0 Å². The lowest BCUT2D eigenvalue weighted by molar-refractivity contribution is 1.21. The number of H-pyrrole nitrogens is 1. The molecule has 0 aliphatic carbocycles. The molecule has 2 nitrogen and oxygen atoms in total. The molecule has 17 heavy (non-hydrogen) atoms. The molecule has 0 saturated carbocycles. The predicted octanol–water partition coefficient (Wildman–Crippen LogP) is 3.56. The number of aromatic nitrogens is 2. The smallest absolute Gasteiger partial charge is 0.0927 e. The van der Waals surface area contributed by atoms with Gasteiger partial charge in [-0.25, -0.2) is 4.98 Å². The third-order valence-electron chi connectivity index (χ3n) is 3.00. The zero-order valence-electron chi connectivity index (χ0n) is 9.95. The molecule has 0 bridgehead atoms. The Balaban J connectivity index is 2.20. The lowest BCUT2D eigenvalue weighted by atomic mass is 9.98. The molecule has 0 amide bonds. The van der Waals surface area contributed by atoms with E-state index in [4.69, 9.17) is 0 Å². The minimum Gasteiger partial charge on any atom is -0.351 e. The van der Waals surface area contributed by atoms with Crippen molar-refractivity contribution in [1.82, 2.24) is 9.97 Å². The lowest BCUT2D eigenvalue weighted by Gasteiger charge is -2.19. The van der Waals surface area contributed by atoms with E-state index in [-0.39, 0.29) is 0 Å². The summed E-state index contributed by atoms with van der Waals surface area (Å²) in [4.78, 5) is 8.79. The zero-order chi connectivity index (χ0) is 11.8. The lowest BCUT2D eigenvalue weighted by Crippen LogP contribution is -2.00. The second-order valence-corrected chi connectivity index (χ2v) is 5.37. The Labute approximate surface area is 105 Å². The third-order valence-corrected chi connectivity index (χ3v) is 4.16. The number of fused-ring (bicyclic) bond motifs is 1. The van der Waals surface area contributed by atoms with E-state index in [0.29, 0.717) is 0 Å². The van der Waals surface area contributed by atoms with Crippen molar-refractivity contribution >= 4 is 17.3 Å². The van der Waals surface area contributed by atoms with Gasteiger partial charge >= 0.3 is 0 Å². The molecule has 0 saturated heterocycles. The molecule has 1 aliphatic rings. The molecule has 3 rings (SSSR count). The van der Waals surface area contributed by atoms with Crippen LogP contribution in [-0.4, -0.2) is 15.7 Å². The van der Waals surface area contributed by atoms with Gasteiger partial charge in [-0.15, -0.1) is 11.8 Å². The molecule has 0 atom stereocenters. The fourth-order valence-corrected chi connectivity index (χ4v) is 3.34. The first kappa shape index (κ1) is 10.7. The van der Waals surface area contributed by atoms with Crippen LogP contribution >= 0.6 is 11.8 Å². The number of aryl methyl sites for hydroxylation is 2.